The first-order valence-electron chi connectivity index (χ1n) is 7.41. The zero-order chi connectivity index (χ0) is 15.2. The minimum Gasteiger partial charge on any atom is -0.478 e. The Morgan fingerprint density at radius 3 is 2.82 bits per heavy atom. The van der Waals surface area contributed by atoms with Gasteiger partial charge in [0.2, 0.25) is 0 Å². The fourth-order valence-corrected chi connectivity index (χ4v) is 2.54. The Morgan fingerprint density at radius 1 is 1.23 bits per heavy atom. The normalized spacial score (nSPS) is 19.4. The van der Waals surface area contributed by atoms with Gasteiger partial charge in [-0.25, -0.2) is 4.98 Å². The van der Waals surface area contributed by atoms with Gasteiger partial charge in [0.05, 0.1) is 13.7 Å². The Bertz CT molecular complexity index is 585. The molecule has 2 heterocycles. The van der Waals surface area contributed by atoms with Crippen molar-refractivity contribution in [2.24, 2.45) is 0 Å². The minimum atomic E-state index is -0.216. The number of ether oxygens (including phenoxy) is 3. The number of hydrogen-bond donors (Lipinski definition) is 1. The number of methoxy groups -OCH3 is 1. The van der Waals surface area contributed by atoms with Crippen molar-refractivity contribution in [1.82, 2.24) is 10.3 Å². The third-order valence-corrected chi connectivity index (χ3v) is 3.61. The average molecular weight is 300 g/mol. The summed E-state index contributed by atoms with van der Waals surface area (Å²) in [5.74, 6) is 1.10. The second-order valence-electron chi connectivity index (χ2n) is 5.07. The molecule has 0 aliphatic carbocycles. The maximum atomic E-state index is 6.21. The highest BCUT2D eigenvalue weighted by Gasteiger charge is 2.28. The third-order valence-electron chi connectivity index (χ3n) is 3.61. The molecule has 1 aromatic heterocycles. The first-order valence-corrected chi connectivity index (χ1v) is 7.41. The van der Waals surface area contributed by atoms with Gasteiger partial charge in [0.15, 0.2) is 11.9 Å². The molecule has 0 radical (unpaired) electrons. The van der Waals surface area contributed by atoms with Gasteiger partial charge in [-0.05, 0) is 17.7 Å². The summed E-state index contributed by atoms with van der Waals surface area (Å²) in [6, 6.07) is 13.8. The predicted octanol–water partition coefficient (Wildman–Crippen LogP) is 2.20. The van der Waals surface area contributed by atoms with Gasteiger partial charge in [0.25, 0.3) is 5.88 Å². The lowest BCUT2D eigenvalue weighted by Crippen LogP contribution is -2.43. The molecule has 3 rings (SSSR count). The molecule has 0 spiro atoms. The van der Waals surface area contributed by atoms with Crippen molar-refractivity contribution >= 4 is 0 Å². The van der Waals surface area contributed by atoms with E-state index in [1.807, 2.05) is 42.5 Å². The van der Waals surface area contributed by atoms with Crippen LogP contribution >= 0.6 is 0 Å². The standard InChI is InChI=1S/C17H20N2O3/c1-20-17-14(8-5-9-19-17)22-16(13-6-3-2-4-7-13)15-12-18-10-11-21-15/h2-9,15-16,18H,10-12H2,1H3. The molecule has 0 saturated carbocycles. The Hall–Kier alpha value is -2.11. The van der Waals surface area contributed by atoms with Crippen LogP contribution in [-0.4, -0.2) is 37.9 Å². The highest BCUT2D eigenvalue weighted by Crippen LogP contribution is 2.31. The zero-order valence-corrected chi connectivity index (χ0v) is 12.6. The highest BCUT2D eigenvalue weighted by atomic mass is 16.6. The summed E-state index contributed by atoms with van der Waals surface area (Å²) in [6.07, 6.45) is 1.41. The van der Waals surface area contributed by atoms with E-state index >= 15 is 0 Å². The van der Waals surface area contributed by atoms with E-state index in [0.717, 1.165) is 18.7 Å². The van der Waals surface area contributed by atoms with E-state index in [1.54, 1.807) is 13.3 Å². The van der Waals surface area contributed by atoms with Crippen LogP contribution in [0.5, 0.6) is 11.6 Å². The van der Waals surface area contributed by atoms with Crippen LogP contribution in [0.15, 0.2) is 48.7 Å². The summed E-state index contributed by atoms with van der Waals surface area (Å²) in [5, 5.41) is 3.35. The number of nitrogens with zero attached hydrogens (tertiary/aromatic N) is 1. The molecule has 5 nitrogen and oxygen atoms in total. The molecule has 2 unspecified atom stereocenters. The fourth-order valence-electron chi connectivity index (χ4n) is 2.54. The van der Waals surface area contributed by atoms with Gasteiger partial charge < -0.3 is 19.5 Å². The van der Waals surface area contributed by atoms with E-state index in [4.69, 9.17) is 14.2 Å². The van der Waals surface area contributed by atoms with Crippen LogP contribution < -0.4 is 14.8 Å². The van der Waals surface area contributed by atoms with Crippen LogP contribution in [0, 0.1) is 0 Å². The number of hydrogen-bond acceptors (Lipinski definition) is 5. The van der Waals surface area contributed by atoms with Gasteiger partial charge in [0.1, 0.15) is 6.10 Å². The number of rotatable bonds is 5. The first kappa shape index (κ1) is 14.8. The molecule has 116 valence electrons. The Balaban J connectivity index is 1.88. The molecule has 5 heteroatoms. The fraction of sp³-hybridized carbons (Fsp3) is 0.353. The molecule has 1 fully saturated rings. The molecule has 0 bridgehead atoms. The number of nitrogens with one attached hydrogen (secondary N) is 1. The van der Waals surface area contributed by atoms with Crippen LogP contribution in [0.25, 0.3) is 0 Å². The molecule has 22 heavy (non-hydrogen) atoms. The summed E-state index contributed by atoms with van der Waals surface area (Å²) in [6.45, 7) is 2.30. The van der Waals surface area contributed by atoms with Crippen molar-refractivity contribution in [3.8, 4) is 11.6 Å². The van der Waals surface area contributed by atoms with E-state index in [9.17, 15) is 0 Å². The summed E-state index contributed by atoms with van der Waals surface area (Å²) < 4.78 is 17.4. The zero-order valence-electron chi connectivity index (χ0n) is 12.6. The molecular formula is C17H20N2O3. The summed E-state index contributed by atoms with van der Waals surface area (Å²) in [5.41, 5.74) is 1.07. The Morgan fingerprint density at radius 2 is 2.09 bits per heavy atom. The minimum absolute atomic E-state index is 0.0546. The number of morpholine rings is 1. The molecule has 1 aromatic carbocycles. The lowest BCUT2D eigenvalue weighted by molar-refractivity contribution is -0.0439. The van der Waals surface area contributed by atoms with Crippen LogP contribution in [-0.2, 0) is 4.74 Å². The van der Waals surface area contributed by atoms with Gasteiger partial charge in [0, 0.05) is 19.3 Å². The lowest BCUT2D eigenvalue weighted by Gasteiger charge is -2.31. The maximum Gasteiger partial charge on any atom is 0.256 e. The lowest BCUT2D eigenvalue weighted by atomic mass is 10.0. The molecule has 0 amide bonds. The number of benzene rings is 1. The van der Waals surface area contributed by atoms with Gasteiger partial charge in [-0.3, -0.25) is 0 Å². The highest BCUT2D eigenvalue weighted by molar-refractivity contribution is 5.34. The summed E-state index contributed by atoms with van der Waals surface area (Å²) in [7, 11) is 1.59. The SMILES string of the molecule is COc1ncccc1OC(c1ccccc1)C1CNCCO1. The number of pyridine rings is 1. The van der Waals surface area contributed by atoms with Gasteiger partial charge in [-0.15, -0.1) is 0 Å². The van der Waals surface area contributed by atoms with Crippen molar-refractivity contribution in [3.05, 3.63) is 54.2 Å². The topological polar surface area (TPSA) is 52.6 Å². The second kappa shape index (κ2) is 7.24. The molecule has 2 aromatic rings. The average Bonchev–Trinajstić information content (AvgIpc) is 2.61. The molecular weight excluding hydrogens is 280 g/mol. The molecule has 2 atom stereocenters. The molecule has 1 N–H and O–H groups in total. The van der Waals surface area contributed by atoms with Crippen LogP contribution in [0.1, 0.15) is 11.7 Å². The molecule has 1 saturated heterocycles. The van der Waals surface area contributed by atoms with E-state index in [0.29, 0.717) is 18.2 Å². The van der Waals surface area contributed by atoms with Crippen LogP contribution in [0.4, 0.5) is 0 Å². The third kappa shape index (κ3) is 3.37. The number of aromatic nitrogens is 1. The Kier molecular flexibility index (Phi) is 4.88. The second-order valence-corrected chi connectivity index (χ2v) is 5.07. The van der Waals surface area contributed by atoms with Crippen LogP contribution in [0.3, 0.4) is 0 Å². The summed E-state index contributed by atoms with van der Waals surface area (Å²) >= 11 is 0. The largest absolute Gasteiger partial charge is 0.478 e. The predicted molar refractivity (Wildman–Crippen MR) is 83.2 cm³/mol. The van der Waals surface area contributed by atoms with Crippen molar-refractivity contribution in [1.29, 1.82) is 0 Å². The van der Waals surface area contributed by atoms with E-state index in [2.05, 4.69) is 10.3 Å². The molecule has 1 aliphatic rings. The van der Waals surface area contributed by atoms with Gasteiger partial charge >= 0.3 is 0 Å². The van der Waals surface area contributed by atoms with Crippen molar-refractivity contribution in [2.45, 2.75) is 12.2 Å². The van der Waals surface area contributed by atoms with E-state index < -0.39 is 0 Å². The summed E-state index contributed by atoms with van der Waals surface area (Å²) in [4.78, 5) is 4.19. The smallest absolute Gasteiger partial charge is 0.256 e. The Labute approximate surface area is 130 Å². The van der Waals surface area contributed by atoms with E-state index in [-0.39, 0.29) is 12.2 Å². The van der Waals surface area contributed by atoms with Crippen LogP contribution in [0.2, 0.25) is 0 Å². The van der Waals surface area contributed by atoms with Crippen molar-refractivity contribution in [2.75, 3.05) is 26.8 Å². The monoisotopic (exact) mass is 300 g/mol. The first-order chi connectivity index (χ1) is 10.9. The van der Waals surface area contributed by atoms with Crippen molar-refractivity contribution < 1.29 is 14.2 Å². The van der Waals surface area contributed by atoms with E-state index in [1.165, 1.54) is 0 Å². The maximum absolute atomic E-state index is 6.21. The van der Waals surface area contributed by atoms with Gasteiger partial charge in [-0.1, -0.05) is 30.3 Å². The molecule has 1 aliphatic heterocycles. The quantitative estimate of drug-likeness (QED) is 0.917. The van der Waals surface area contributed by atoms with Crippen molar-refractivity contribution in [3.63, 3.8) is 0 Å². The van der Waals surface area contributed by atoms with Gasteiger partial charge in [-0.2, -0.15) is 0 Å².